The van der Waals surface area contributed by atoms with Crippen LogP contribution in [0.5, 0.6) is 0 Å². The highest BCUT2D eigenvalue weighted by molar-refractivity contribution is 8.03. The smallest absolute Gasteiger partial charge is 0.155 e. The van der Waals surface area contributed by atoms with Crippen LogP contribution in [0.3, 0.4) is 0 Å². The van der Waals surface area contributed by atoms with Crippen LogP contribution in [0, 0.1) is 0 Å². The molecule has 0 atom stereocenters. The van der Waals surface area contributed by atoms with E-state index in [4.69, 9.17) is 0 Å². The molecular formula is C12H10N3O3PS2-2. The SMILES string of the molecule is O=P([O-])([O-])CSCc1cc(-c2cccs2)nc2ccnn12. The molecule has 3 aromatic rings. The van der Waals surface area contributed by atoms with E-state index < -0.39 is 13.1 Å². The fourth-order valence-electron chi connectivity index (χ4n) is 1.89. The molecule has 0 fully saturated rings. The summed E-state index contributed by atoms with van der Waals surface area (Å²) < 4.78 is 12.4. The molecule has 0 N–H and O–H groups in total. The molecule has 0 aliphatic carbocycles. The second-order valence-corrected chi connectivity index (χ2v) is 8.20. The van der Waals surface area contributed by atoms with Crippen LogP contribution in [-0.4, -0.2) is 20.1 Å². The van der Waals surface area contributed by atoms with E-state index in [-0.39, 0.29) is 0 Å². The van der Waals surface area contributed by atoms with Crippen molar-refractivity contribution in [2.24, 2.45) is 0 Å². The first-order chi connectivity index (χ1) is 10.0. The molecule has 0 saturated heterocycles. The van der Waals surface area contributed by atoms with Gasteiger partial charge in [0.15, 0.2) is 5.65 Å². The largest absolute Gasteiger partial charge is 0.810 e. The van der Waals surface area contributed by atoms with Crippen molar-refractivity contribution in [2.75, 3.05) is 5.49 Å². The van der Waals surface area contributed by atoms with Gasteiger partial charge in [0, 0.05) is 17.3 Å². The average Bonchev–Trinajstić information content (AvgIpc) is 3.08. The Balaban J connectivity index is 1.92. The summed E-state index contributed by atoms with van der Waals surface area (Å²) in [6, 6.07) is 7.58. The summed E-state index contributed by atoms with van der Waals surface area (Å²) in [5.41, 5.74) is 1.91. The fourth-order valence-corrected chi connectivity index (χ4v) is 4.25. The molecule has 3 rings (SSSR count). The molecule has 0 bridgehead atoms. The summed E-state index contributed by atoms with van der Waals surface area (Å²) in [5, 5.41) is 6.14. The molecule has 0 aliphatic rings. The molecule has 0 aromatic carbocycles. The van der Waals surface area contributed by atoms with E-state index in [0.717, 1.165) is 28.0 Å². The maximum atomic E-state index is 10.7. The highest BCUT2D eigenvalue weighted by Gasteiger charge is 2.09. The lowest BCUT2D eigenvalue weighted by molar-refractivity contribution is -0.311. The second kappa shape index (κ2) is 5.90. The quantitative estimate of drug-likeness (QED) is 0.655. The van der Waals surface area contributed by atoms with Crippen molar-refractivity contribution in [1.82, 2.24) is 14.6 Å². The van der Waals surface area contributed by atoms with Crippen LogP contribution in [0.4, 0.5) is 0 Å². The summed E-state index contributed by atoms with van der Waals surface area (Å²) in [5.74, 6) is 0.382. The van der Waals surface area contributed by atoms with E-state index in [9.17, 15) is 14.4 Å². The van der Waals surface area contributed by atoms with Gasteiger partial charge >= 0.3 is 0 Å². The fraction of sp³-hybridized carbons (Fsp3) is 0.167. The first-order valence-electron chi connectivity index (χ1n) is 5.99. The molecular weight excluding hydrogens is 329 g/mol. The molecule has 3 heterocycles. The van der Waals surface area contributed by atoms with E-state index >= 15 is 0 Å². The average molecular weight is 339 g/mol. The highest BCUT2D eigenvalue weighted by atomic mass is 32.2. The summed E-state index contributed by atoms with van der Waals surface area (Å²) in [6.07, 6.45) is 1.64. The molecule has 9 heteroatoms. The van der Waals surface area contributed by atoms with Gasteiger partial charge in [-0.3, -0.25) is 0 Å². The molecule has 0 spiro atoms. The Morgan fingerprint density at radius 3 is 2.95 bits per heavy atom. The van der Waals surface area contributed by atoms with Gasteiger partial charge in [-0.15, -0.1) is 11.3 Å². The number of fused-ring (bicyclic) bond motifs is 1. The minimum Gasteiger partial charge on any atom is -0.810 e. The summed E-state index contributed by atoms with van der Waals surface area (Å²) in [6.45, 7) is 0. The van der Waals surface area contributed by atoms with Gasteiger partial charge in [-0.2, -0.15) is 16.9 Å². The van der Waals surface area contributed by atoms with Crippen molar-refractivity contribution in [3.05, 3.63) is 41.5 Å². The van der Waals surface area contributed by atoms with Gasteiger partial charge in [-0.1, -0.05) is 13.7 Å². The van der Waals surface area contributed by atoms with Crippen molar-refractivity contribution in [2.45, 2.75) is 5.75 Å². The van der Waals surface area contributed by atoms with Crippen molar-refractivity contribution in [3.63, 3.8) is 0 Å². The van der Waals surface area contributed by atoms with Crippen molar-refractivity contribution >= 4 is 36.3 Å². The third kappa shape index (κ3) is 3.53. The highest BCUT2D eigenvalue weighted by Crippen LogP contribution is 2.32. The zero-order valence-electron chi connectivity index (χ0n) is 10.7. The van der Waals surface area contributed by atoms with Crippen LogP contribution >= 0.6 is 30.7 Å². The van der Waals surface area contributed by atoms with Gasteiger partial charge in [-0.25, -0.2) is 9.50 Å². The Morgan fingerprint density at radius 2 is 2.24 bits per heavy atom. The van der Waals surface area contributed by atoms with Gasteiger partial charge in [0.2, 0.25) is 0 Å². The maximum absolute atomic E-state index is 10.7. The van der Waals surface area contributed by atoms with Crippen molar-refractivity contribution in [1.29, 1.82) is 0 Å². The topological polar surface area (TPSA) is 93.4 Å². The van der Waals surface area contributed by atoms with Gasteiger partial charge < -0.3 is 14.4 Å². The maximum Gasteiger partial charge on any atom is 0.155 e. The Hall–Kier alpha value is -1.18. The zero-order chi connectivity index (χ0) is 14.9. The molecule has 6 nitrogen and oxygen atoms in total. The minimum absolute atomic E-state index is 0.382. The molecule has 0 saturated carbocycles. The lowest BCUT2D eigenvalue weighted by Gasteiger charge is -2.28. The molecule has 0 amide bonds. The minimum atomic E-state index is -4.49. The summed E-state index contributed by atoms with van der Waals surface area (Å²) >= 11 is 2.64. The number of thiophene rings is 1. The lowest BCUT2D eigenvalue weighted by Crippen LogP contribution is -2.15. The van der Waals surface area contributed by atoms with Crippen LogP contribution in [0.25, 0.3) is 16.2 Å². The lowest BCUT2D eigenvalue weighted by atomic mass is 10.3. The van der Waals surface area contributed by atoms with E-state index in [2.05, 4.69) is 10.1 Å². The van der Waals surface area contributed by atoms with E-state index in [0.29, 0.717) is 11.4 Å². The normalized spacial score (nSPS) is 12.1. The van der Waals surface area contributed by atoms with Crippen molar-refractivity contribution < 1.29 is 14.4 Å². The third-order valence-electron chi connectivity index (χ3n) is 2.71. The van der Waals surface area contributed by atoms with Crippen LogP contribution in [0.2, 0.25) is 0 Å². The molecule has 110 valence electrons. The Labute approximate surface area is 129 Å². The van der Waals surface area contributed by atoms with Gasteiger partial charge in [-0.05, 0) is 17.5 Å². The van der Waals surface area contributed by atoms with E-state index in [1.54, 1.807) is 28.1 Å². The van der Waals surface area contributed by atoms with Crippen LogP contribution in [0.1, 0.15) is 5.69 Å². The zero-order valence-corrected chi connectivity index (χ0v) is 13.2. The molecule has 0 aliphatic heterocycles. The van der Waals surface area contributed by atoms with Crippen LogP contribution in [-0.2, 0) is 10.3 Å². The molecule has 0 unspecified atom stereocenters. The Kier molecular flexibility index (Phi) is 4.14. The number of nitrogens with zero attached hydrogens (tertiary/aromatic N) is 3. The Bertz CT molecular complexity index is 797. The van der Waals surface area contributed by atoms with E-state index in [1.165, 1.54) is 0 Å². The molecule has 21 heavy (non-hydrogen) atoms. The second-order valence-electron chi connectivity index (χ2n) is 4.30. The van der Waals surface area contributed by atoms with Gasteiger partial charge in [0.25, 0.3) is 0 Å². The first-order valence-corrected chi connectivity index (χ1v) is 9.75. The summed E-state index contributed by atoms with van der Waals surface area (Å²) in [7, 11) is -4.49. The van der Waals surface area contributed by atoms with E-state index in [1.807, 2.05) is 23.6 Å². The van der Waals surface area contributed by atoms with Gasteiger partial charge in [0.1, 0.15) is 0 Å². The van der Waals surface area contributed by atoms with Crippen molar-refractivity contribution in [3.8, 4) is 10.6 Å². The predicted molar refractivity (Wildman–Crippen MR) is 80.1 cm³/mol. The first kappa shape index (κ1) is 14.7. The Morgan fingerprint density at radius 1 is 1.38 bits per heavy atom. The number of hydrogen-bond acceptors (Lipinski definition) is 7. The van der Waals surface area contributed by atoms with Crippen LogP contribution < -0.4 is 9.79 Å². The standard InChI is InChI=1S/C12H12N3O3PS2/c16-19(17,18)8-20-7-9-6-10(11-2-1-5-21-11)14-12-3-4-13-15(9)12/h1-6H,7-8H2,(H2,16,17,18)/p-2. The predicted octanol–water partition coefficient (Wildman–Crippen LogP) is 1.56. The van der Waals surface area contributed by atoms with Gasteiger partial charge in [0.05, 0.1) is 22.5 Å². The number of rotatable bonds is 5. The molecule has 3 aromatic heterocycles. The third-order valence-corrected chi connectivity index (χ3v) is 6.09. The van der Waals surface area contributed by atoms with Crippen LogP contribution in [0.15, 0.2) is 35.8 Å². The molecule has 0 radical (unpaired) electrons. The summed E-state index contributed by atoms with van der Waals surface area (Å²) in [4.78, 5) is 27.0. The number of thioether (sulfide) groups is 1. The number of aromatic nitrogens is 3. The monoisotopic (exact) mass is 339 g/mol. The number of hydrogen-bond donors (Lipinski definition) is 0.